The van der Waals surface area contributed by atoms with Gasteiger partial charge in [-0.3, -0.25) is 10.1 Å². The van der Waals surface area contributed by atoms with Gasteiger partial charge in [0.05, 0.1) is 7.11 Å². The molecule has 0 heterocycles. The van der Waals surface area contributed by atoms with E-state index in [1.807, 2.05) is 20.8 Å². The van der Waals surface area contributed by atoms with E-state index in [0.717, 1.165) is 5.56 Å². The third-order valence-electron chi connectivity index (χ3n) is 2.92. The van der Waals surface area contributed by atoms with Crippen LogP contribution in [0.15, 0.2) is 24.3 Å². The van der Waals surface area contributed by atoms with Gasteiger partial charge in [0.15, 0.2) is 0 Å². The second-order valence-corrected chi connectivity index (χ2v) is 4.68. The zero-order valence-electron chi connectivity index (χ0n) is 11.2. The molecular formula is C14H20FNO2. The van der Waals surface area contributed by atoms with Gasteiger partial charge >= 0.3 is 5.97 Å². The number of ether oxygens (including phenoxy) is 1. The summed E-state index contributed by atoms with van der Waals surface area (Å²) in [5.41, 5.74) is 0.936. The molecule has 0 aliphatic carbocycles. The fraction of sp³-hybridized carbons (Fsp3) is 0.500. The van der Waals surface area contributed by atoms with Gasteiger partial charge in [-0.05, 0) is 30.5 Å². The lowest BCUT2D eigenvalue weighted by Gasteiger charge is -2.24. The number of methoxy groups -OCH3 is 1. The summed E-state index contributed by atoms with van der Waals surface area (Å²) in [6, 6.07) is 5.84. The van der Waals surface area contributed by atoms with Crippen LogP contribution in [-0.2, 0) is 9.53 Å². The van der Waals surface area contributed by atoms with Crippen molar-refractivity contribution < 1.29 is 13.9 Å². The number of benzene rings is 1. The van der Waals surface area contributed by atoms with E-state index in [2.05, 4.69) is 5.32 Å². The standard InChI is InChI=1S/C14H20FNO2/c1-9(2)13(14(17)18-4)16-10(3)11-5-7-12(15)8-6-11/h5-10,13,16H,1-4H3. The zero-order chi connectivity index (χ0) is 13.7. The molecule has 0 aliphatic rings. The summed E-state index contributed by atoms with van der Waals surface area (Å²) in [7, 11) is 1.38. The molecule has 0 aromatic heterocycles. The van der Waals surface area contributed by atoms with Gasteiger partial charge in [0.25, 0.3) is 0 Å². The van der Waals surface area contributed by atoms with E-state index in [1.165, 1.54) is 19.2 Å². The van der Waals surface area contributed by atoms with Crippen LogP contribution in [0.1, 0.15) is 32.4 Å². The van der Waals surface area contributed by atoms with Crippen LogP contribution in [0.5, 0.6) is 0 Å². The zero-order valence-corrected chi connectivity index (χ0v) is 11.2. The molecule has 0 bridgehead atoms. The first kappa shape index (κ1) is 14.6. The molecule has 0 spiro atoms. The molecule has 1 aromatic carbocycles. The topological polar surface area (TPSA) is 38.3 Å². The van der Waals surface area contributed by atoms with Crippen LogP contribution in [-0.4, -0.2) is 19.1 Å². The van der Waals surface area contributed by atoms with Gasteiger partial charge < -0.3 is 4.74 Å². The third kappa shape index (κ3) is 3.81. The highest BCUT2D eigenvalue weighted by Gasteiger charge is 2.24. The Morgan fingerprint density at radius 3 is 2.22 bits per heavy atom. The molecule has 1 N–H and O–H groups in total. The first-order valence-electron chi connectivity index (χ1n) is 6.05. The van der Waals surface area contributed by atoms with Gasteiger partial charge in [0, 0.05) is 6.04 Å². The molecule has 1 rings (SSSR count). The summed E-state index contributed by atoms with van der Waals surface area (Å²) >= 11 is 0. The summed E-state index contributed by atoms with van der Waals surface area (Å²) in [5, 5.41) is 3.21. The van der Waals surface area contributed by atoms with Gasteiger partial charge in [-0.1, -0.05) is 26.0 Å². The van der Waals surface area contributed by atoms with Crippen molar-refractivity contribution in [3.63, 3.8) is 0 Å². The molecular weight excluding hydrogens is 233 g/mol. The molecule has 18 heavy (non-hydrogen) atoms. The predicted octanol–water partition coefficient (Wildman–Crippen LogP) is 2.67. The molecule has 0 radical (unpaired) electrons. The van der Waals surface area contributed by atoms with E-state index in [4.69, 9.17) is 4.74 Å². The number of halogens is 1. The van der Waals surface area contributed by atoms with Crippen molar-refractivity contribution in [1.29, 1.82) is 0 Å². The lowest BCUT2D eigenvalue weighted by molar-refractivity contribution is -0.144. The number of hydrogen-bond donors (Lipinski definition) is 1. The first-order chi connectivity index (χ1) is 8.45. The maximum Gasteiger partial charge on any atom is 0.323 e. The fourth-order valence-electron chi connectivity index (χ4n) is 1.78. The smallest absolute Gasteiger partial charge is 0.323 e. The van der Waals surface area contributed by atoms with Crippen LogP contribution in [0.3, 0.4) is 0 Å². The highest BCUT2D eigenvalue weighted by atomic mass is 19.1. The lowest BCUT2D eigenvalue weighted by Crippen LogP contribution is -2.42. The van der Waals surface area contributed by atoms with Crippen LogP contribution >= 0.6 is 0 Å². The van der Waals surface area contributed by atoms with Crippen molar-refractivity contribution in [3.8, 4) is 0 Å². The number of nitrogens with one attached hydrogen (secondary N) is 1. The van der Waals surface area contributed by atoms with Crippen molar-refractivity contribution in [2.75, 3.05) is 7.11 Å². The van der Waals surface area contributed by atoms with Crippen LogP contribution in [0, 0.1) is 11.7 Å². The normalized spacial score (nSPS) is 14.3. The van der Waals surface area contributed by atoms with Crippen molar-refractivity contribution >= 4 is 5.97 Å². The third-order valence-corrected chi connectivity index (χ3v) is 2.92. The molecule has 1 aromatic rings. The van der Waals surface area contributed by atoms with Crippen LogP contribution < -0.4 is 5.32 Å². The quantitative estimate of drug-likeness (QED) is 0.820. The van der Waals surface area contributed by atoms with Gasteiger partial charge in [-0.15, -0.1) is 0 Å². The van der Waals surface area contributed by atoms with E-state index in [1.54, 1.807) is 12.1 Å². The van der Waals surface area contributed by atoms with Crippen molar-refractivity contribution in [2.24, 2.45) is 5.92 Å². The maximum absolute atomic E-state index is 12.8. The minimum atomic E-state index is -0.366. The number of carbonyl (C=O) groups is 1. The Morgan fingerprint density at radius 2 is 1.78 bits per heavy atom. The first-order valence-corrected chi connectivity index (χ1v) is 6.05. The van der Waals surface area contributed by atoms with E-state index in [0.29, 0.717) is 0 Å². The average Bonchev–Trinajstić information content (AvgIpc) is 2.35. The molecule has 3 nitrogen and oxygen atoms in total. The van der Waals surface area contributed by atoms with Gasteiger partial charge in [-0.25, -0.2) is 4.39 Å². The van der Waals surface area contributed by atoms with E-state index >= 15 is 0 Å². The minimum Gasteiger partial charge on any atom is -0.468 e. The van der Waals surface area contributed by atoms with Gasteiger partial charge in [0.2, 0.25) is 0 Å². The highest BCUT2D eigenvalue weighted by molar-refractivity contribution is 5.76. The molecule has 2 unspecified atom stereocenters. The van der Waals surface area contributed by atoms with Crippen LogP contribution in [0.2, 0.25) is 0 Å². The monoisotopic (exact) mass is 253 g/mol. The van der Waals surface area contributed by atoms with E-state index < -0.39 is 0 Å². The SMILES string of the molecule is COC(=O)C(NC(C)c1ccc(F)cc1)C(C)C. The molecule has 0 aliphatic heterocycles. The lowest BCUT2D eigenvalue weighted by atomic mass is 10.0. The Balaban J connectivity index is 2.75. The second-order valence-electron chi connectivity index (χ2n) is 4.68. The summed E-state index contributed by atoms with van der Waals surface area (Å²) in [6.07, 6.45) is 0. The molecule has 4 heteroatoms. The Morgan fingerprint density at radius 1 is 1.22 bits per heavy atom. The van der Waals surface area contributed by atoms with Crippen molar-refractivity contribution in [3.05, 3.63) is 35.6 Å². The Kier molecular flexibility index (Phi) is 5.28. The molecule has 0 saturated heterocycles. The summed E-state index contributed by atoms with van der Waals surface area (Å²) < 4.78 is 17.6. The van der Waals surface area contributed by atoms with Crippen LogP contribution in [0.25, 0.3) is 0 Å². The molecule has 2 atom stereocenters. The predicted molar refractivity (Wildman–Crippen MR) is 68.6 cm³/mol. The number of esters is 1. The summed E-state index contributed by atoms with van der Waals surface area (Å²) in [4.78, 5) is 11.6. The van der Waals surface area contributed by atoms with Crippen molar-refractivity contribution in [2.45, 2.75) is 32.9 Å². The molecule has 0 saturated carbocycles. The Hall–Kier alpha value is -1.42. The summed E-state index contributed by atoms with van der Waals surface area (Å²) in [6.45, 7) is 5.84. The molecule has 100 valence electrons. The highest BCUT2D eigenvalue weighted by Crippen LogP contribution is 2.16. The Bertz CT molecular complexity index is 389. The van der Waals surface area contributed by atoms with Gasteiger partial charge in [-0.2, -0.15) is 0 Å². The van der Waals surface area contributed by atoms with Crippen molar-refractivity contribution in [1.82, 2.24) is 5.32 Å². The van der Waals surface area contributed by atoms with E-state index in [-0.39, 0.29) is 29.8 Å². The Labute approximate surface area is 107 Å². The minimum absolute atomic E-state index is 0.0444. The largest absolute Gasteiger partial charge is 0.468 e. The molecule has 0 fully saturated rings. The number of carbonyl (C=O) groups excluding carboxylic acids is 1. The van der Waals surface area contributed by atoms with E-state index in [9.17, 15) is 9.18 Å². The maximum atomic E-state index is 12.8. The van der Waals surface area contributed by atoms with Crippen LogP contribution in [0.4, 0.5) is 4.39 Å². The number of rotatable bonds is 5. The average molecular weight is 253 g/mol. The number of hydrogen-bond acceptors (Lipinski definition) is 3. The summed E-state index contributed by atoms with van der Waals surface area (Å²) in [5.74, 6) is -0.418. The second kappa shape index (κ2) is 6.50. The fourth-order valence-corrected chi connectivity index (χ4v) is 1.78. The van der Waals surface area contributed by atoms with Gasteiger partial charge in [0.1, 0.15) is 11.9 Å². The molecule has 0 amide bonds.